The average Bonchev–Trinajstić information content (AvgIpc) is 4.13. The van der Waals surface area contributed by atoms with Crippen LogP contribution in [-0.2, 0) is 10.8 Å². The molecule has 13 aromatic rings. The van der Waals surface area contributed by atoms with E-state index in [4.69, 9.17) is 15.0 Å². The minimum atomic E-state index is -0.576. The van der Waals surface area contributed by atoms with Crippen molar-refractivity contribution < 1.29 is 0 Å². The number of benzene rings is 11. The third-order valence-electron chi connectivity index (χ3n) is 15.9. The quantitative estimate of drug-likeness (QED) is 0.152. The number of rotatable bonds is 8. The number of hydrogen-bond acceptors (Lipinski definition) is 4. The molecule has 11 aromatic carbocycles. The van der Waals surface area contributed by atoms with Crippen molar-refractivity contribution in [3.05, 3.63) is 317 Å². The van der Waals surface area contributed by atoms with E-state index < -0.39 is 10.8 Å². The molecule has 4 heteroatoms. The monoisotopic (exact) mass is 971 g/mol. The molecule has 3 nitrogen and oxygen atoms in total. The third-order valence-corrected chi connectivity index (χ3v) is 17.1. The van der Waals surface area contributed by atoms with Crippen molar-refractivity contribution >= 4 is 31.5 Å². The van der Waals surface area contributed by atoms with E-state index in [2.05, 4.69) is 273 Å². The Hall–Kier alpha value is -9.35. The first kappa shape index (κ1) is 43.3. The second-order valence-corrected chi connectivity index (χ2v) is 20.7. The Labute approximate surface area is 439 Å². The summed E-state index contributed by atoms with van der Waals surface area (Å²) in [6.07, 6.45) is 0. The first-order valence-corrected chi connectivity index (χ1v) is 26.5. The van der Waals surface area contributed by atoms with E-state index >= 15 is 0 Å². The highest BCUT2D eigenvalue weighted by atomic mass is 32.1. The maximum atomic E-state index is 5.59. The topological polar surface area (TPSA) is 38.7 Å². The molecular weight excluding hydrogens is 927 g/mol. The summed E-state index contributed by atoms with van der Waals surface area (Å²) in [6, 6.07) is 99.4. The van der Waals surface area contributed by atoms with Crippen molar-refractivity contribution in [3.8, 4) is 67.5 Å². The molecular formula is C71H45N3S. The first-order valence-electron chi connectivity index (χ1n) is 25.7. The molecule has 0 radical (unpaired) electrons. The van der Waals surface area contributed by atoms with Gasteiger partial charge in [0.15, 0.2) is 17.5 Å². The Morgan fingerprint density at radius 2 is 0.653 bits per heavy atom. The molecule has 0 atom stereocenters. The molecule has 0 saturated heterocycles. The highest BCUT2D eigenvalue weighted by Crippen LogP contribution is 2.60. The molecule has 0 saturated carbocycles. The lowest BCUT2D eigenvalue weighted by Crippen LogP contribution is -2.28. The maximum Gasteiger partial charge on any atom is 0.165 e. The van der Waals surface area contributed by atoms with Crippen LogP contribution in [0.1, 0.15) is 44.5 Å². The van der Waals surface area contributed by atoms with Gasteiger partial charge in [-0.3, -0.25) is 0 Å². The fourth-order valence-electron chi connectivity index (χ4n) is 12.9. The van der Waals surface area contributed by atoms with Gasteiger partial charge in [-0.05, 0) is 96.1 Å². The summed E-state index contributed by atoms with van der Waals surface area (Å²) in [4.78, 5) is 16.7. The van der Waals surface area contributed by atoms with Crippen LogP contribution < -0.4 is 0 Å². The summed E-state index contributed by atoms with van der Waals surface area (Å²) in [6.45, 7) is 0. The Morgan fingerprint density at radius 1 is 0.267 bits per heavy atom. The zero-order valence-electron chi connectivity index (χ0n) is 40.7. The molecule has 0 N–H and O–H groups in total. The molecule has 15 rings (SSSR count). The lowest BCUT2D eigenvalue weighted by atomic mass is 9.67. The van der Waals surface area contributed by atoms with Gasteiger partial charge in [0.05, 0.1) is 10.8 Å². The summed E-state index contributed by atoms with van der Waals surface area (Å²) in [5.41, 5.74) is 18.7. The molecule has 350 valence electrons. The molecule has 0 unspecified atom stereocenters. The zero-order chi connectivity index (χ0) is 49.5. The van der Waals surface area contributed by atoms with Gasteiger partial charge in [-0.2, -0.15) is 0 Å². The van der Waals surface area contributed by atoms with Gasteiger partial charge >= 0.3 is 0 Å². The standard InChI is InChI=1S/C71H45N3S/c1-5-25-48(26-6-1)70(49-27-7-2-8-28-49)59-40-16-13-34-55(59)64-52(36-21-42-61(64)70)46-23-19-24-47(45-46)67-72-68(74-69(73-67)58-39-20-37-54-53-33-15-18-44-63(53)75-66(54)58)57-38-22-43-62-65(57)56-35-14-17-41-60(56)71(62,50-29-9-3-10-30-50)51-31-11-4-12-32-51/h1-45H. The summed E-state index contributed by atoms with van der Waals surface area (Å²) in [7, 11) is 0. The molecule has 0 bridgehead atoms. The Bertz CT molecular complexity index is 4280. The van der Waals surface area contributed by atoms with Gasteiger partial charge in [-0.1, -0.05) is 255 Å². The minimum Gasteiger partial charge on any atom is -0.208 e. The van der Waals surface area contributed by atoms with Gasteiger partial charge < -0.3 is 0 Å². The highest BCUT2D eigenvalue weighted by Gasteiger charge is 2.48. The largest absolute Gasteiger partial charge is 0.208 e. The van der Waals surface area contributed by atoms with Gasteiger partial charge in [0.25, 0.3) is 0 Å². The van der Waals surface area contributed by atoms with E-state index in [9.17, 15) is 0 Å². The fraction of sp³-hybridized carbons (Fsp3) is 0.0282. The average molecular weight is 972 g/mol. The number of hydrogen-bond donors (Lipinski definition) is 0. The van der Waals surface area contributed by atoms with Crippen molar-refractivity contribution in [2.75, 3.05) is 0 Å². The maximum absolute atomic E-state index is 5.59. The molecule has 2 aliphatic rings. The zero-order valence-corrected chi connectivity index (χ0v) is 41.5. The van der Waals surface area contributed by atoms with E-state index in [1.54, 1.807) is 11.3 Å². The van der Waals surface area contributed by atoms with Crippen LogP contribution in [0.5, 0.6) is 0 Å². The van der Waals surface area contributed by atoms with Gasteiger partial charge in [0.2, 0.25) is 0 Å². The molecule has 0 amide bonds. The van der Waals surface area contributed by atoms with Crippen LogP contribution in [0.4, 0.5) is 0 Å². The number of thiophene rings is 1. The van der Waals surface area contributed by atoms with Crippen LogP contribution in [0.25, 0.3) is 87.7 Å². The Balaban J connectivity index is 0.969. The fourth-order valence-corrected chi connectivity index (χ4v) is 14.1. The Morgan fingerprint density at radius 3 is 1.24 bits per heavy atom. The molecule has 2 aliphatic carbocycles. The second kappa shape index (κ2) is 17.1. The molecule has 2 heterocycles. The van der Waals surface area contributed by atoms with Crippen molar-refractivity contribution in [2.45, 2.75) is 10.8 Å². The van der Waals surface area contributed by atoms with E-state index in [1.165, 1.54) is 76.7 Å². The van der Waals surface area contributed by atoms with Crippen LogP contribution >= 0.6 is 11.3 Å². The normalized spacial score (nSPS) is 13.5. The van der Waals surface area contributed by atoms with E-state index in [1.807, 2.05) is 0 Å². The van der Waals surface area contributed by atoms with Crippen LogP contribution in [0.3, 0.4) is 0 Å². The molecule has 0 aliphatic heterocycles. The van der Waals surface area contributed by atoms with Crippen molar-refractivity contribution in [3.63, 3.8) is 0 Å². The summed E-state index contributed by atoms with van der Waals surface area (Å²) < 4.78 is 2.39. The second-order valence-electron chi connectivity index (χ2n) is 19.7. The molecule has 2 aromatic heterocycles. The SMILES string of the molecule is c1ccc(C2(c3ccccc3)c3ccccc3-c3c(-c4cccc(-c5nc(-c6cccc7c6-c6ccccc6C7(c6ccccc6)c6ccccc6)nc(-c6cccc7c6sc6ccccc67)n5)c4)cccc32)cc1. The van der Waals surface area contributed by atoms with E-state index in [-0.39, 0.29) is 0 Å². The summed E-state index contributed by atoms with van der Waals surface area (Å²) in [5.74, 6) is 1.89. The molecule has 75 heavy (non-hydrogen) atoms. The predicted octanol–water partition coefficient (Wildman–Crippen LogP) is 17.6. The van der Waals surface area contributed by atoms with Gasteiger partial charge in [0, 0.05) is 36.9 Å². The lowest BCUT2D eigenvalue weighted by Gasteiger charge is -2.34. The van der Waals surface area contributed by atoms with E-state index in [0.29, 0.717) is 17.5 Å². The van der Waals surface area contributed by atoms with Crippen LogP contribution in [-0.4, -0.2) is 15.0 Å². The number of fused-ring (bicyclic) bond motifs is 9. The van der Waals surface area contributed by atoms with Crippen molar-refractivity contribution in [2.24, 2.45) is 0 Å². The molecule has 0 fully saturated rings. The van der Waals surface area contributed by atoms with Gasteiger partial charge in [-0.25, -0.2) is 15.0 Å². The van der Waals surface area contributed by atoms with Crippen LogP contribution in [0.2, 0.25) is 0 Å². The predicted molar refractivity (Wildman–Crippen MR) is 309 cm³/mol. The Kier molecular flexibility index (Phi) is 9.88. The molecule has 0 spiro atoms. The van der Waals surface area contributed by atoms with Crippen LogP contribution in [0.15, 0.2) is 273 Å². The minimum absolute atomic E-state index is 0.513. The van der Waals surface area contributed by atoms with Gasteiger partial charge in [-0.15, -0.1) is 11.3 Å². The smallest absolute Gasteiger partial charge is 0.165 e. The number of aromatic nitrogens is 3. The summed E-state index contributed by atoms with van der Waals surface area (Å²) >= 11 is 1.79. The first-order chi connectivity index (χ1) is 37.2. The van der Waals surface area contributed by atoms with Crippen molar-refractivity contribution in [1.82, 2.24) is 15.0 Å². The van der Waals surface area contributed by atoms with E-state index in [0.717, 1.165) is 38.1 Å². The lowest BCUT2D eigenvalue weighted by molar-refractivity contribution is 0.768. The number of nitrogens with zero attached hydrogens (tertiary/aromatic N) is 3. The van der Waals surface area contributed by atoms with Crippen molar-refractivity contribution in [1.29, 1.82) is 0 Å². The highest BCUT2D eigenvalue weighted by molar-refractivity contribution is 7.26. The summed E-state index contributed by atoms with van der Waals surface area (Å²) in [5, 5.41) is 2.43. The van der Waals surface area contributed by atoms with Crippen LogP contribution in [0, 0.1) is 0 Å². The third kappa shape index (κ3) is 6.37. The van der Waals surface area contributed by atoms with Gasteiger partial charge in [0.1, 0.15) is 0 Å².